The predicted molar refractivity (Wildman–Crippen MR) is 125 cm³/mol. The van der Waals surface area contributed by atoms with Crippen LogP contribution < -0.4 is 5.32 Å². The van der Waals surface area contributed by atoms with Crippen molar-refractivity contribution in [1.29, 1.82) is 0 Å². The van der Waals surface area contributed by atoms with E-state index in [1.807, 2.05) is 53.4 Å². The molecule has 33 heavy (non-hydrogen) atoms. The van der Waals surface area contributed by atoms with Crippen molar-refractivity contribution in [1.82, 2.24) is 20.1 Å². The number of nitrogens with one attached hydrogen (secondary N) is 1. The summed E-state index contributed by atoms with van der Waals surface area (Å²) in [6, 6.07) is 15.1. The van der Waals surface area contributed by atoms with Crippen LogP contribution in [-0.4, -0.2) is 45.7 Å². The number of urea groups is 1. The van der Waals surface area contributed by atoms with Crippen molar-refractivity contribution in [3.8, 4) is 0 Å². The van der Waals surface area contributed by atoms with E-state index in [4.69, 9.17) is 4.98 Å². The monoisotopic (exact) mass is 460 g/mol. The standard InChI is InChI=1S/C25H24N4O3S/c30-21(28-14-6-5-10-19(28)22-26-18-9-3-4-11-20(18)33-22)15-29-23(31)25(27-24(29)32)13-12-16-7-1-2-8-17(16)25/h1-4,7-9,11,19H,5-6,10,12-15H2,(H,27,32). The third kappa shape index (κ3) is 3.15. The van der Waals surface area contributed by atoms with E-state index >= 15 is 0 Å². The van der Waals surface area contributed by atoms with E-state index in [0.717, 1.165) is 56.9 Å². The largest absolute Gasteiger partial charge is 0.332 e. The van der Waals surface area contributed by atoms with Crippen molar-refractivity contribution in [2.45, 2.75) is 43.7 Å². The van der Waals surface area contributed by atoms with Crippen molar-refractivity contribution in [2.75, 3.05) is 13.1 Å². The number of hydrogen-bond acceptors (Lipinski definition) is 5. The van der Waals surface area contributed by atoms with Gasteiger partial charge in [-0.2, -0.15) is 0 Å². The summed E-state index contributed by atoms with van der Waals surface area (Å²) in [6.07, 6.45) is 4.02. The lowest BCUT2D eigenvalue weighted by molar-refractivity contribution is -0.141. The van der Waals surface area contributed by atoms with Crippen LogP contribution in [0.25, 0.3) is 10.2 Å². The number of carbonyl (C=O) groups is 3. The summed E-state index contributed by atoms with van der Waals surface area (Å²) in [6.45, 7) is 0.368. The van der Waals surface area contributed by atoms with Gasteiger partial charge in [0.15, 0.2) is 0 Å². The molecule has 1 aliphatic carbocycles. The van der Waals surface area contributed by atoms with Gasteiger partial charge in [0, 0.05) is 6.54 Å². The second kappa shape index (κ2) is 7.66. The summed E-state index contributed by atoms with van der Waals surface area (Å²) >= 11 is 1.61. The summed E-state index contributed by atoms with van der Waals surface area (Å²) in [5, 5.41) is 3.83. The molecule has 168 valence electrons. The van der Waals surface area contributed by atoms with E-state index in [-0.39, 0.29) is 24.4 Å². The lowest BCUT2D eigenvalue weighted by Crippen LogP contribution is -2.47. The van der Waals surface area contributed by atoms with Crippen molar-refractivity contribution in [2.24, 2.45) is 0 Å². The number of aryl methyl sites for hydroxylation is 1. The number of benzene rings is 2. The first kappa shape index (κ1) is 20.4. The van der Waals surface area contributed by atoms with Gasteiger partial charge >= 0.3 is 6.03 Å². The number of thiazole rings is 1. The lowest BCUT2D eigenvalue weighted by atomic mass is 9.92. The molecule has 4 amide bonds. The van der Waals surface area contributed by atoms with Gasteiger partial charge in [0.1, 0.15) is 17.1 Å². The molecule has 0 saturated carbocycles. The number of carbonyl (C=O) groups excluding carboxylic acids is 3. The van der Waals surface area contributed by atoms with Gasteiger partial charge in [0.05, 0.1) is 16.3 Å². The summed E-state index contributed by atoms with van der Waals surface area (Å²) < 4.78 is 1.10. The maximum absolute atomic E-state index is 13.5. The fourth-order valence-electron chi connectivity index (χ4n) is 5.48. The van der Waals surface area contributed by atoms with Gasteiger partial charge in [-0.05, 0) is 55.4 Å². The van der Waals surface area contributed by atoms with Crippen molar-refractivity contribution < 1.29 is 14.4 Å². The number of imide groups is 1. The van der Waals surface area contributed by atoms with Gasteiger partial charge in [-0.15, -0.1) is 11.3 Å². The van der Waals surface area contributed by atoms with Crippen molar-refractivity contribution >= 4 is 39.4 Å². The average Bonchev–Trinajstić information content (AvgIpc) is 3.50. The fourth-order valence-corrected chi connectivity index (χ4v) is 6.59. The number of nitrogens with zero attached hydrogens (tertiary/aromatic N) is 3. The number of aromatic nitrogens is 1. The van der Waals surface area contributed by atoms with Crippen molar-refractivity contribution in [3.63, 3.8) is 0 Å². The highest BCUT2D eigenvalue weighted by atomic mass is 32.1. The average molecular weight is 461 g/mol. The molecule has 2 aliphatic heterocycles. The Morgan fingerprint density at radius 2 is 1.94 bits per heavy atom. The second-order valence-electron chi connectivity index (χ2n) is 9.00. The third-order valence-electron chi connectivity index (χ3n) is 7.13. The SMILES string of the molecule is O=C1NC2(CCc3ccccc32)C(=O)N1CC(=O)N1CCCCC1c1nc2ccccc2s1. The Morgan fingerprint density at radius 3 is 2.82 bits per heavy atom. The number of hydrogen-bond donors (Lipinski definition) is 1. The number of rotatable bonds is 3. The number of fused-ring (bicyclic) bond motifs is 3. The van der Waals surface area contributed by atoms with Gasteiger partial charge < -0.3 is 10.2 Å². The first-order valence-corrected chi connectivity index (χ1v) is 12.3. The van der Waals surface area contributed by atoms with E-state index in [9.17, 15) is 14.4 Å². The van der Waals surface area contributed by atoms with E-state index in [1.54, 1.807) is 11.3 Å². The lowest BCUT2D eigenvalue weighted by Gasteiger charge is -2.35. The third-order valence-corrected chi connectivity index (χ3v) is 8.27. The van der Waals surface area contributed by atoms with Gasteiger partial charge in [0.25, 0.3) is 5.91 Å². The molecule has 1 N–H and O–H groups in total. The summed E-state index contributed by atoms with van der Waals surface area (Å²) in [5.41, 5.74) is 1.82. The molecular formula is C25H24N4O3S. The van der Waals surface area contributed by atoms with Crippen LogP contribution >= 0.6 is 11.3 Å². The molecule has 2 unspecified atom stereocenters. The molecular weight excluding hydrogens is 436 g/mol. The molecule has 1 aromatic heterocycles. The highest BCUT2D eigenvalue weighted by Crippen LogP contribution is 2.41. The zero-order chi connectivity index (χ0) is 22.6. The van der Waals surface area contributed by atoms with E-state index in [2.05, 4.69) is 5.32 Å². The van der Waals surface area contributed by atoms with Crippen LogP contribution in [0.4, 0.5) is 4.79 Å². The second-order valence-corrected chi connectivity index (χ2v) is 10.1. The topological polar surface area (TPSA) is 82.6 Å². The summed E-state index contributed by atoms with van der Waals surface area (Å²) in [4.78, 5) is 47.4. The van der Waals surface area contributed by atoms with Crippen LogP contribution in [0.5, 0.6) is 0 Å². The molecule has 0 bridgehead atoms. The molecule has 3 heterocycles. The minimum absolute atomic E-state index is 0.120. The molecule has 3 aliphatic rings. The van der Waals surface area contributed by atoms with E-state index in [0.29, 0.717) is 13.0 Å². The summed E-state index contributed by atoms with van der Waals surface area (Å²) in [5.74, 6) is -0.523. The highest BCUT2D eigenvalue weighted by molar-refractivity contribution is 7.18. The number of amides is 4. The molecule has 2 fully saturated rings. The van der Waals surface area contributed by atoms with Crippen molar-refractivity contribution in [3.05, 3.63) is 64.7 Å². The first-order chi connectivity index (χ1) is 16.1. The maximum atomic E-state index is 13.5. The molecule has 1 spiro atoms. The predicted octanol–water partition coefficient (Wildman–Crippen LogP) is 3.74. The fraction of sp³-hybridized carbons (Fsp3) is 0.360. The Bertz CT molecular complexity index is 1250. The van der Waals surface area contributed by atoms with Gasteiger partial charge in [-0.3, -0.25) is 14.5 Å². The Morgan fingerprint density at radius 1 is 1.12 bits per heavy atom. The Labute approximate surface area is 195 Å². The number of para-hydroxylation sites is 1. The summed E-state index contributed by atoms with van der Waals surface area (Å²) in [7, 11) is 0. The van der Waals surface area contributed by atoms with Crippen LogP contribution in [0.2, 0.25) is 0 Å². The molecule has 0 radical (unpaired) electrons. The normalized spacial score (nSPS) is 24.5. The Kier molecular flexibility index (Phi) is 4.72. The van der Waals surface area contributed by atoms with E-state index < -0.39 is 11.6 Å². The first-order valence-electron chi connectivity index (χ1n) is 11.4. The maximum Gasteiger partial charge on any atom is 0.325 e. The van der Waals surface area contributed by atoms with Gasteiger partial charge in [-0.25, -0.2) is 9.78 Å². The molecule has 8 heteroatoms. The smallest absolute Gasteiger partial charge is 0.325 e. The molecule has 2 aromatic carbocycles. The Balaban J connectivity index is 1.25. The Hall–Kier alpha value is -3.26. The minimum atomic E-state index is -1.04. The van der Waals surface area contributed by atoms with Crippen LogP contribution in [0.3, 0.4) is 0 Å². The van der Waals surface area contributed by atoms with Crippen LogP contribution in [0, 0.1) is 0 Å². The number of likely N-dealkylation sites (tertiary alicyclic amines) is 1. The van der Waals surface area contributed by atoms with Crippen LogP contribution in [0.15, 0.2) is 48.5 Å². The molecule has 6 rings (SSSR count). The zero-order valence-corrected chi connectivity index (χ0v) is 18.9. The molecule has 7 nitrogen and oxygen atoms in total. The van der Waals surface area contributed by atoms with Crippen LogP contribution in [0.1, 0.15) is 47.9 Å². The highest BCUT2D eigenvalue weighted by Gasteiger charge is 2.55. The molecule has 2 atom stereocenters. The van der Waals surface area contributed by atoms with E-state index in [1.165, 1.54) is 0 Å². The number of piperidine rings is 1. The zero-order valence-electron chi connectivity index (χ0n) is 18.1. The van der Waals surface area contributed by atoms with Gasteiger partial charge in [0.2, 0.25) is 5.91 Å². The van der Waals surface area contributed by atoms with Crippen LogP contribution in [-0.2, 0) is 21.5 Å². The van der Waals surface area contributed by atoms with Gasteiger partial charge in [-0.1, -0.05) is 36.4 Å². The molecule has 3 aromatic rings. The minimum Gasteiger partial charge on any atom is -0.332 e. The quantitative estimate of drug-likeness (QED) is 0.604. The molecule has 2 saturated heterocycles.